The molecule has 15 heavy (non-hydrogen) atoms. The Labute approximate surface area is 85.3 Å². The Morgan fingerprint density at radius 1 is 1.53 bits per heavy atom. The molecule has 0 N–H and O–H groups in total. The topological polar surface area (TPSA) is 43.6 Å². The molecule has 0 aliphatic heterocycles. The Hall–Kier alpha value is -1.91. The zero-order valence-corrected chi connectivity index (χ0v) is 8.32. The number of Topliss-reactive ketones (excluding diaryl/α,β-unsaturated/α-hetero) is 1. The van der Waals surface area contributed by atoms with Crippen LogP contribution >= 0.6 is 0 Å². The standard InChI is InChI=1S/C10H9FN2O2/c1-6(14)8-5-12-10-7(11)3-4-9(15-2)13(8)10/h3-5H,1-2H3. The summed E-state index contributed by atoms with van der Waals surface area (Å²) in [6, 6.07) is 2.71. The molecule has 2 heterocycles. The van der Waals surface area contributed by atoms with Crippen molar-refractivity contribution in [2.24, 2.45) is 0 Å². The van der Waals surface area contributed by atoms with Gasteiger partial charge in [0.05, 0.1) is 13.3 Å². The van der Waals surface area contributed by atoms with E-state index in [1.165, 1.54) is 36.8 Å². The van der Waals surface area contributed by atoms with E-state index >= 15 is 0 Å². The number of rotatable bonds is 2. The van der Waals surface area contributed by atoms with Gasteiger partial charge in [-0.05, 0) is 6.07 Å². The Bertz CT molecular complexity index is 533. The van der Waals surface area contributed by atoms with Gasteiger partial charge in [-0.15, -0.1) is 0 Å². The van der Waals surface area contributed by atoms with Crippen LogP contribution in [0.3, 0.4) is 0 Å². The van der Waals surface area contributed by atoms with Crippen LogP contribution in [0.15, 0.2) is 18.3 Å². The fraction of sp³-hybridized carbons (Fsp3) is 0.200. The lowest BCUT2D eigenvalue weighted by Crippen LogP contribution is -2.03. The molecule has 0 amide bonds. The van der Waals surface area contributed by atoms with Crippen LogP contribution in [0.25, 0.3) is 5.65 Å². The highest BCUT2D eigenvalue weighted by Gasteiger charge is 2.14. The highest BCUT2D eigenvalue weighted by molar-refractivity contribution is 5.93. The van der Waals surface area contributed by atoms with Crippen molar-refractivity contribution in [1.29, 1.82) is 0 Å². The second-order valence-corrected chi connectivity index (χ2v) is 3.08. The molecule has 0 spiro atoms. The molecule has 0 bridgehead atoms. The average molecular weight is 208 g/mol. The molecule has 5 heteroatoms. The molecule has 0 aromatic carbocycles. The van der Waals surface area contributed by atoms with Crippen molar-refractivity contribution in [2.75, 3.05) is 7.11 Å². The van der Waals surface area contributed by atoms with Crippen molar-refractivity contribution in [3.05, 3.63) is 29.8 Å². The van der Waals surface area contributed by atoms with Gasteiger partial charge in [0, 0.05) is 13.0 Å². The summed E-state index contributed by atoms with van der Waals surface area (Å²) in [7, 11) is 1.45. The second kappa shape index (κ2) is 3.34. The first-order valence-electron chi connectivity index (χ1n) is 4.36. The van der Waals surface area contributed by atoms with E-state index in [1.54, 1.807) is 0 Å². The largest absolute Gasteiger partial charge is 0.482 e. The number of methoxy groups -OCH3 is 1. The highest BCUT2D eigenvalue weighted by atomic mass is 19.1. The molecule has 78 valence electrons. The van der Waals surface area contributed by atoms with Gasteiger partial charge in [-0.2, -0.15) is 0 Å². The first-order chi connectivity index (χ1) is 7.15. The predicted octanol–water partition coefficient (Wildman–Crippen LogP) is 1.68. The van der Waals surface area contributed by atoms with Crippen LogP contribution in [-0.2, 0) is 0 Å². The molecule has 0 aliphatic carbocycles. The summed E-state index contributed by atoms with van der Waals surface area (Å²) >= 11 is 0. The second-order valence-electron chi connectivity index (χ2n) is 3.08. The normalized spacial score (nSPS) is 10.6. The maximum absolute atomic E-state index is 13.3. The average Bonchev–Trinajstić information content (AvgIpc) is 2.64. The number of imidazole rings is 1. The molecule has 2 aromatic heterocycles. The zero-order valence-electron chi connectivity index (χ0n) is 8.32. The fourth-order valence-corrected chi connectivity index (χ4v) is 1.44. The van der Waals surface area contributed by atoms with Gasteiger partial charge >= 0.3 is 0 Å². The summed E-state index contributed by atoms with van der Waals surface area (Å²) in [5.74, 6) is -0.288. The van der Waals surface area contributed by atoms with Gasteiger partial charge < -0.3 is 4.74 Å². The number of carbonyl (C=O) groups is 1. The lowest BCUT2D eigenvalue weighted by molar-refractivity contribution is 0.101. The molecule has 0 unspecified atom stereocenters. The van der Waals surface area contributed by atoms with Crippen molar-refractivity contribution in [3.8, 4) is 5.88 Å². The van der Waals surface area contributed by atoms with Crippen LogP contribution in [0, 0.1) is 5.82 Å². The molecule has 0 atom stereocenters. The summed E-state index contributed by atoms with van der Waals surface area (Å²) in [6.45, 7) is 1.40. The number of ether oxygens (including phenoxy) is 1. The number of fused-ring (bicyclic) bond motifs is 1. The number of pyridine rings is 1. The number of aromatic nitrogens is 2. The van der Waals surface area contributed by atoms with Crippen LogP contribution in [-0.4, -0.2) is 22.3 Å². The highest BCUT2D eigenvalue weighted by Crippen LogP contribution is 2.19. The van der Waals surface area contributed by atoms with Crippen molar-refractivity contribution in [3.63, 3.8) is 0 Å². The SMILES string of the molecule is COc1ccc(F)c2ncc(C(C)=O)n12. The Balaban J connectivity index is 2.86. The Kier molecular flexibility index (Phi) is 2.15. The summed E-state index contributed by atoms with van der Waals surface area (Å²) < 4.78 is 19.7. The third-order valence-electron chi connectivity index (χ3n) is 2.14. The van der Waals surface area contributed by atoms with Gasteiger partial charge in [0.25, 0.3) is 0 Å². The zero-order chi connectivity index (χ0) is 11.0. The summed E-state index contributed by atoms with van der Waals surface area (Å²) in [5, 5.41) is 0. The molecule has 0 saturated heterocycles. The molecule has 0 saturated carbocycles. The van der Waals surface area contributed by atoms with E-state index in [0.29, 0.717) is 11.6 Å². The van der Waals surface area contributed by atoms with Gasteiger partial charge in [0.2, 0.25) is 0 Å². The van der Waals surface area contributed by atoms with Gasteiger partial charge in [0.15, 0.2) is 23.1 Å². The number of ketones is 1. The van der Waals surface area contributed by atoms with Crippen LogP contribution in [0.5, 0.6) is 5.88 Å². The third kappa shape index (κ3) is 1.36. The minimum atomic E-state index is -0.483. The van der Waals surface area contributed by atoms with Crippen molar-refractivity contribution >= 4 is 11.4 Å². The summed E-state index contributed by atoms with van der Waals surface area (Å²) in [4.78, 5) is 15.1. The number of hydrogen-bond donors (Lipinski definition) is 0. The molecule has 0 aliphatic rings. The van der Waals surface area contributed by atoms with Gasteiger partial charge in [-0.3, -0.25) is 9.20 Å². The van der Waals surface area contributed by atoms with Crippen LogP contribution < -0.4 is 4.74 Å². The first-order valence-corrected chi connectivity index (χ1v) is 4.36. The number of hydrogen-bond acceptors (Lipinski definition) is 3. The third-order valence-corrected chi connectivity index (χ3v) is 2.14. The molecular formula is C10H9FN2O2. The Morgan fingerprint density at radius 3 is 2.87 bits per heavy atom. The molecule has 2 aromatic rings. The summed E-state index contributed by atoms with van der Waals surface area (Å²) in [5.41, 5.74) is 0.404. The smallest absolute Gasteiger partial charge is 0.199 e. The monoisotopic (exact) mass is 208 g/mol. The van der Waals surface area contributed by atoms with E-state index in [-0.39, 0.29) is 11.4 Å². The minimum absolute atomic E-state index is 0.0968. The van der Waals surface area contributed by atoms with Gasteiger partial charge in [-0.25, -0.2) is 9.37 Å². The van der Waals surface area contributed by atoms with E-state index in [4.69, 9.17) is 4.74 Å². The van der Waals surface area contributed by atoms with Crippen molar-refractivity contribution < 1.29 is 13.9 Å². The number of carbonyl (C=O) groups excluding carboxylic acids is 1. The van der Waals surface area contributed by atoms with Crippen LogP contribution in [0.1, 0.15) is 17.4 Å². The van der Waals surface area contributed by atoms with Crippen LogP contribution in [0.2, 0.25) is 0 Å². The quantitative estimate of drug-likeness (QED) is 0.705. The lowest BCUT2D eigenvalue weighted by Gasteiger charge is -2.05. The predicted molar refractivity (Wildman–Crippen MR) is 51.7 cm³/mol. The maximum Gasteiger partial charge on any atom is 0.199 e. The molecule has 0 radical (unpaired) electrons. The van der Waals surface area contributed by atoms with Gasteiger partial charge in [0.1, 0.15) is 5.69 Å². The lowest BCUT2D eigenvalue weighted by atomic mass is 10.3. The van der Waals surface area contributed by atoms with E-state index in [2.05, 4.69) is 4.98 Å². The van der Waals surface area contributed by atoms with E-state index in [1.807, 2.05) is 0 Å². The van der Waals surface area contributed by atoms with Crippen molar-refractivity contribution in [2.45, 2.75) is 6.92 Å². The number of nitrogens with zero attached hydrogens (tertiary/aromatic N) is 2. The molecule has 0 fully saturated rings. The fourth-order valence-electron chi connectivity index (χ4n) is 1.44. The molecular weight excluding hydrogens is 199 g/mol. The van der Waals surface area contributed by atoms with E-state index in [9.17, 15) is 9.18 Å². The first kappa shape index (κ1) is 9.64. The van der Waals surface area contributed by atoms with E-state index in [0.717, 1.165) is 0 Å². The van der Waals surface area contributed by atoms with Crippen molar-refractivity contribution in [1.82, 2.24) is 9.38 Å². The maximum atomic E-state index is 13.3. The van der Waals surface area contributed by atoms with Crippen LogP contribution in [0.4, 0.5) is 4.39 Å². The molecule has 4 nitrogen and oxygen atoms in total. The number of halogens is 1. The summed E-state index contributed by atoms with van der Waals surface area (Å²) in [6.07, 6.45) is 1.34. The van der Waals surface area contributed by atoms with E-state index < -0.39 is 5.82 Å². The molecule has 2 rings (SSSR count). The Morgan fingerprint density at radius 2 is 2.27 bits per heavy atom. The van der Waals surface area contributed by atoms with Gasteiger partial charge in [-0.1, -0.05) is 0 Å². The minimum Gasteiger partial charge on any atom is -0.482 e.